The normalized spacial score (nSPS) is 17.2. The van der Waals surface area contributed by atoms with Crippen molar-refractivity contribution in [3.63, 3.8) is 0 Å². The Kier molecular flexibility index (Phi) is 4.84. The van der Waals surface area contributed by atoms with Crippen LogP contribution in [0.5, 0.6) is 0 Å². The minimum Gasteiger partial charge on any atom is -0.378 e. The summed E-state index contributed by atoms with van der Waals surface area (Å²) >= 11 is 5.69. The number of anilines is 1. The zero-order valence-electron chi connectivity index (χ0n) is 10.7. The number of hydrogen-bond acceptors (Lipinski definition) is 2. The maximum Gasteiger partial charge on any atom is 0.146 e. The van der Waals surface area contributed by atoms with E-state index >= 15 is 0 Å². The Labute approximate surface area is 113 Å². The maximum absolute atomic E-state index is 13.9. The second kappa shape index (κ2) is 6.39. The number of benzene rings is 1. The van der Waals surface area contributed by atoms with E-state index in [-0.39, 0.29) is 5.82 Å². The van der Waals surface area contributed by atoms with Crippen LogP contribution in [0.25, 0.3) is 0 Å². The summed E-state index contributed by atoms with van der Waals surface area (Å²) in [5.41, 5.74) is 1.50. The van der Waals surface area contributed by atoms with Crippen molar-refractivity contribution in [2.75, 3.05) is 24.6 Å². The molecule has 0 amide bonds. The Morgan fingerprint density at radius 2 is 2.11 bits per heavy atom. The average molecular weight is 272 g/mol. The number of ether oxygens (including phenoxy) is 1. The monoisotopic (exact) mass is 271 g/mol. The van der Waals surface area contributed by atoms with Crippen molar-refractivity contribution in [2.45, 2.75) is 31.7 Å². The van der Waals surface area contributed by atoms with Crippen molar-refractivity contribution in [1.29, 1.82) is 0 Å². The molecule has 1 aromatic rings. The van der Waals surface area contributed by atoms with Gasteiger partial charge >= 0.3 is 0 Å². The minimum absolute atomic E-state index is 0.178. The molecule has 0 spiro atoms. The molecule has 1 saturated heterocycles. The van der Waals surface area contributed by atoms with Gasteiger partial charge in [-0.3, -0.25) is 0 Å². The molecular weight excluding hydrogens is 253 g/mol. The predicted molar refractivity (Wildman–Crippen MR) is 72.8 cm³/mol. The van der Waals surface area contributed by atoms with Gasteiger partial charge in [-0.05, 0) is 37.5 Å². The first-order chi connectivity index (χ1) is 8.74. The van der Waals surface area contributed by atoms with Crippen LogP contribution in [0.3, 0.4) is 0 Å². The number of piperidine rings is 1. The lowest BCUT2D eigenvalue weighted by Gasteiger charge is -2.33. The highest BCUT2D eigenvalue weighted by Crippen LogP contribution is 2.25. The number of hydrogen-bond donors (Lipinski definition) is 0. The minimum atomic E-state index is -0.178. The van der Waals surface area contributed by atoms with Crippen LogP contribution in [0, 0.1) is 5.82 Å². The summed E-state index contributed by atoms with van der Waals surface area (Å²) in [6.07, 6.45) is 2.26. The molecule has 1 aliphatic heterocycles. The van der Waals surface area contributed by atoms with Gasteiger partial charge in [-0.25, -0.2) is 4.39 Å². The van der Waals surface area contributed by atoms with E-state index < -0.39 is 0 Å². The quantitative estimate of drug-likeness (QED) is 0.777. The first-order valence-corrected chi connectivity index (χ1v) is 6.99. The Morgan fingerprint density at radius 3 is 2.67 bits per heavy atom. The highest BCUT2D eigenvalue weighted by Gasteiger charge is 2.21. The van der Waals surface area contributed by atoms with Crippen molar-refractivity contribution in [3.05, 3.63) is 29.6 Å². The molecule has 0 N–H and O–H groups in total. The molecule has 0 saturated carbocycles. The largest absolute Gasteiger partial charge is 0.378 e. The topological polar surface area (TPSA) is 12.5 Å². The third-order valence-electron chi connectivity index (χ3n) is 3.35. The maximum atomic E-state index is 13.9. The predicted octanol–water partition coefficient (Wildman–Crippen LogP) is 3.57. The molecule has 0 bridgehead atoms. The van der Waals surface area contributed by atoms with E-state index in [1.807, 2.05) is 19.1 Å². The number of halogens is 2. The van der Waals surface area contributed by atoms with E-state index in [1.54, 1.807) is 0 Å². The molecule has 1 fully saturated rings. The Balaban J connectivity index is 2.01. The van der Waals surface area contributed by atoms with Gasteiger partial charge in [0.1, 0.15) is 5.82 Å². The molecule has 0 aromatic heterocycles. The molecule has 0 atom stereocenters. The van der Waals surface area contributed by atoms with Crippen LogP contribution in [0.1, 0.15) is 25.3 Å². The number of nitrogens with zero attached hydrogens (tertiary/aromatic N) is 1. The van der Waals surface area contributed by atoms with Gasteiger partial charge in [0.05, 0.1) is 11.8 Å². The van der Waals surface area contributed by atoms with Gasteiger partial charge in [-0.15, -0.1) is 11.6 Å². The summed E-state index contributed by atoms with van der Waals surface area (Å²) in [4.78, 5) is 2.09. The zero-order valence-corrected chi connectivity index (χ0v) is 11.4. The van der Waals surface area contributed by atoms with E-state index in [0.29, 0.717) is 17.7 Å². The standard InChI is InChI=1S/C14H19ClFNO/c1-2-18-12-5-7-17(8-6-12)14-4-3-11(10-15)9-13(14)16/h3-4,9,12H,2,5-8,10H2,1H3. The van der Waals surface area contributed by atoms with Gasteiger partial charge in [0.15, 0.2) is 0 Å². The molecule has 1 aliphatic rings. The molecule has 1 aromatic carbocycles. The lowest BCUT2D eigenvalue weighted by molar-refractivity contribution is 0.0458. The molecule has 0 aliphatic carbocycles. The summed E-state index contributed by atoms with van der Waals surface area (Å²) in [5, 5.41) is 0. The Bertz CT molecular complexity index is 391. The smallest absolute Gasteiger partial charge is 0.146 e. The first-order valence-electron chi connectivity index (χ1n) is 6.45. The van der Waals surface area contributed by atoms with Crippen LogP contribution >= 0.6 is 11.6 Å². The van der Waals surface area contributed by atoms with Crippen molar-refractivity contribution in [1.82, 2.24) is 0 Å². The fourth-order valence-electron chi connectivity index (χ4n) is 2.39. The van der Waals surface area contributed by atoms with Gasteiger partial charge in [0, 0.05) is 25.6 Å². The fraction of sp³-hybridized carbons (Fsp3) is 0.571. The SMILES string of the molecule is CCOC1CCN(c2ccc(CCl)cc2F)CC1. The van der Waals surface area contributed by atoms with Crippen molar-refractivity contribution < 1.29 is 9.13 Å². The molecule has 100 valence electrons. The zero-order chi connectivity index (χ0) is 13.0. The van der Waals surface area contributed by atoms with Crippen molar-refractivity contribution in [2.24, 2.45) is 0 Å². The van der Waals surface area contributed by atoms with Crippen molar-refractivity contribution >= 4 is 17.3 Å². The molecule has 4 heteroatoms. The second-order valence-corrected chi connectivity index (χ2v) is 4.83. The van der Waals surface area contributed by atoms with Crippen molar-refractivity contribution in [3.8, 4) is 0 Å². The van der Waals surface area contributed by atoms with Crippen LogP contribution in [0.2, 0.25) is 0 Å². The van der Waals surface area contributed by atoms with Gasteiger partial charge in [-0.2, -0.15) is 0 Å². The third kappa shape index (κ3) is 3.15. The summed E-state index contributed by atoms with van der Waals surface area (Å²) in [7, 11) is 0. The van der Waals surface area contributed by atoms with Gasteiger partial charge in [0.25, 0.3) is 0 Å². The van der Waals surface area contributed by atoms with E-state index in [4.69, 9.17) is 16.3 Å². The van der Waals surface area contributed by atoms with E-state index in [1.165, 1.54) is 6.07 Å². The second-order valence-electron chi connectivity index (χ2n) is 4.56. The van der Waals surface area contributed by atoms with Crippen LogP contribution in [-0.2, 0) is 10.6 Å². The molecule has 1 heterocycles. The number of rotatable bonds is 4. The molecule has 0 unspecified atom stereocenters. The average Bonchev–Trinajstić information content (AvgIpc) is 2.40. The number of alkyl halides is 1. The highest BCUT2D eigenvalue weighted by atomic mass is 35.5. The molecular formula is C14H19ClFNO. The van der Waals surface area contributed by atoms with Gasteiger partial charge in [-0.1, -0.05) is 6.07 Å². The third-order valence-corrected chi connectivity index (χ3v) is 3.66. The molecule has 0 radical (unpaired) electrons. The van der Waals surface area contributed by atoms with Crippen LogP contribution in [0.15, 0.2) is 18.2 Å². The summed E-state index contributed by atoms with van der Waals surface area (Å²) < 4.78 is 19.5. The van der Waals surface area contributed by atoms with Crippen LogP contribution in [-0.4, -0.2) is 25.8 Å². The molecule has 18 heavy (non-hydrogen) atoms. The van der Waals surface area contributed by atoms with E-state index in [2.05, 4.69) is 4.90 Å². The molecule has 2 rings (SSSR count). The Hall–Kier alpha value is -0.800. The van der Waals surface area contributed by atoms with E-state index in [9.17, 15) is 4.39 Å². The summed E-state index contributed by atoms with van der Waals surface area (Å²) in [6.45, 7) is 4.46. The van der Waals surface area contributed by atoms with Crippen LogP contribution < -0.4 is 4.90 Å². The lowest BCUT2D eigenvalue weighted by atomic mass is 10.1. The van der Waals surface area contributed by atoms with Crippen LogP contribution in [0.4, 0.5) is 10.1 Å². The van der Waals surface area contributed by atoms with E-state index in [0.717, 1.165) is 38.1 Å². The summed E-state index contributed by atoms with van der Waals surface area (Å²) in [5.74, 6) is 0.173. The Morgan fingerprint density at radius 1 is 1.39 bits per heavy atom. The summed E-state index contributed by atoms with van der Waals surface area (Å²) in [6, 6.07) is 5.24. The lowest BCUT2D eigenvalue weighted by Crippen LogP contribution is -2.37. The molecule has 2 nitrogen and oxygen atoms in total. The first kappa shape index (κ1) is 13.6. The van der Waals surface area contributed by atoms with Gasteiger partial charge < -0.3 is 9.64 Å². The van der Waals surface area contributed by atoms with Gasteiger partial charge in [0.2, 0.25) is 0 Å². The highest BCUT2D eigenvalue weighted by molar-refractivity contribution is 6.17. The fourth-order valence-corrected chi connectivity index (χ4v) is 2.56.